The molecule has 1 aromatic carbocycles. The van der Waals surface area contributed by atoms with Crippen molar-refractivity contribution in [2.24, 2.45) is 10.6 Å². The van der Waals surface area contributed by atoms with Crippen molar-refractivity contribution in [2.75, 3.05) is 0 Å². The molecule has 0 radical (unpaired) electrons. The molecule has 1 rings (SSSR count). The Morgan fingerprint density at radius 1 is 1.31 bits per heavy atom. The fourth-order valence-electron chi connectivity index (χ4n) is 0.941. The maximum absolute atomic E-state index is 13.1. The molecule has 0 saturated carbocycles. The minimum absolute atomic E-state index is 0.00130. The SMILES string of the molecule is CC(C)(C)C=NOCc1ccc(F)cc1F. The quantitative estimate of drug-likeness (QED) is 0.572. The van der Waals surface area contributed by atoms with E-state index in [1.54, 1.807) is 6.21 Å². The van der Waals surface area contributed by atoms with Gasteiger partial charge in [0.15, 0.2) is 0 Å². The highest BCUT2D eigenvalue weighted by atomic mass is 19.1. The van der Waals surface area contributed by atoms with Crippen LogP contribution in [0.4, 0.5) is 8.78 Å². The molecule has 0 atom stereocenters. The molecule has 1 aromatic rings. The third-order valence-corrected chi connectivity index (χ3v) is 1.75. The van der Waals surface area contributed by atoms with Crippen molar-refractivity contribution in [2.45, 2.75) is 27.4 Å². The van der Waals surface area contributed by atoms with Gasteiger partial charge in [0.2, 0.25) is 0 Å². The van der Waals surface area contributed by atoms with Crippen LogP contribution in [0, 0.1) is 17.0 Å². The summed E-state index contributed by atoms with van der Waals surface area (Å²) in [5.74, 6) is -1.22. The van der Waals surface area contributed by atoms with Crippen LogP contribution in [0.1, 0.15) is 26.3 Å². The number of hydrogen-bond acceptors (Lipinski definition) is 2. The van der Waals surface area contributed by atoms with Crippen LogP contribution in [-0.4, -0.2) is 6.21 Å². The summed E-state index contributed by atoms with van der Waals surface area (Å²) >= 11 is 0. The van der Waals surface area contributed by atoms with E-state index in [9.17, 15) is 8.78 Å². The Kier molecular flexibility index (Phi) is 3.99. The average Bonchev–Trinajstić information content (AvgIpc) is 2.13. The molecule has 0 bridgehead atoms. The van der Waals surface area contributed by atoms with Gasteiger partial charge in [0.05, 0.1) is 0 Å². The Balaban J connectivity index is 2.53. The van der Waals surface area contributed by atoms with Crippen molar-refractivity contribution in [3.8, 4) is 0 Å². The number of nitrogens with zero attached hydrogens (tertiary/aromatic N) is 1. The molecule has 4 heteroatoms. The Bertz CT molecular complexity index is 383. The molecule has 16 heavy (non-hydrogen) atoms. The Labute approximate surface area is 93.9 Å². The standard InChI is InChI=1S/C12H15F2NO/c1-12(2,3)8-15-16-7-9-4-5-10(13)6-11(9)14/h4-6,8H,7H2,1-3H3. The molecular weight excluding hydrogens is 212 g/mol. The lowest BCUT2D eigenvalue weighted by atomic mass is 10.00. The highest BCUT2D eigenvalue weighted by Gasteiger charge is 2.06. The zero-order chi connectivity index (χ0) is 12.2. The molecular formula is C12H15F2NO. The van der Waals surface area contributed by atoms with Gasteiger partial charge in [-0.05, 0) is 12.1 Å². The third-order valence-electron chi connectivity index (χ3n) is 1.75. The van der Waals surface area contributed by atoms with Gasteiger partial charge in [0.1, 0.15) is 18.2 Å². The second kappa shape index (κ2) is 5.05. The fraction of sp³-hybridized carbons (Fsp3) is 0.417. The Hall–Kier alpha value is -1.45. The highest BCUT2D eigenvalue weighted by molar-refractivity contribution is 5.63. The molecule has 0 spiro atoms. The first kappa shape index (κ1) is 12.6. The molecule has 0 aliphatic heterocycles. The second-order valence-electron chi connectivity index (χ2n) is 4.61. The van der Waals surface area contributed by atoms with Crippen LogP contribution in [0.5, 0.6) is 0 Å². The van der Waals surface area contributed by atoms with Crippen molar-refractivity contribution in [3.63, 3.8) is 0 Å². The van der Waals surface area contributed by atoms with Crippen LogP contribution < -0.4 is 0 Å². The summed E-state index contributed by atoms with van der Waals surface area (Å²) in [4.78, 5) is 4.92. The van der Waals surface area contributed by atoms with E-state index in [-0.39, 0.29) is 17.6 Å². The molecule has 0 unspecified atom stereocenters. The fourth-order valence-corrected chi connectivity index (χ4v) is 0.941. The van der Waals surface area contributed by atoms with Crippen LogP contribution in [0.25, 0.3) is 0 Å². The molecule has 0 amide bonds. The maximum Gasteiger partial charge on any atom is 0.145 e. The average molecular weight is 227 g/mol. The van der Waals surface area contributed by atoms with Crippen LogP contribution in [-0.2, 0) is 11.4 Å². The van der Waals surface area contributed by atoms with Gasteiger partial charge >= 0.3 is 0 Å². The van der Waals surface area contributed by atoms with E-state index < -0.39 is 11.6 Å². The zero-order valence-corrected chi connectivity index (χ0v) is 9.63. The summed E-state index contributed by atoms with van der Waals surface area (Å²) in [6.45, 7) is 5.91. The molecule has 0 aromatic heterocycles. The van der Waals surface area contributed by atoms with E-state index in [4.69, 9.17) is 4.84 Å². The van der Waals surface area contributed by atoms with Gasteiger partial charge in [-0.15, -0.1) is 0 Å². The first-order valence-electron chi connectivity index (χ1n) is 4.99. The predicted molar refractivity (Wildman–Crippen MR) is 59.1 cm³/mol. The van der Waals surface area contributed by atoms with Gasteiger partial charge in [-0.1, -0.05) is 25.9 Å². The molecule has 0 aliphatic carbocycles. The first-order chi connectivity index (χ1) is 7.38. The normalized spacial score (nSPS) is 12.1. The van der Waals surface area contributed by atoms with E-state index in [1.807, 2.05) is 20.8 Å². The topological polar surface area (TPSA) is 21.6 Å². The molecule has 0 N–H and O–H groups in total. The Morgan fingerprint density at radius 3 is 2.56 bits per heavy atom. The van der Waals surface area contributed by atoms with E-state index in [1.165, 1.54) is 12.1 Å². The maximum atomic E-state index is 13.1. The number of hydrogen-bond donors (Lipinski definition) is 0. The van der Waals surface area contributed by atoms with Gasteiger partial charge in [0, 0.05) is 23.3 Å². The predicted octanol–water partition coefficient (Wildman–Crippen LogP) is 3.51. The van der Waals surface area contributed by atoms with Crippen molar-refractivity contribution in [1.29, 1.82) is 0 Å². The molecule has 0 heterocycles. The number of oxime groups is 1. The molecule has 88 valence electrons. The van der Waals surface area contributed by atoms with Crippen LogP contribution in [0.3, 0.4) is 0 Å². The number of rotatable bonds is 3. The number of benzene rings is 1. The molecule has 0 fully saturated rings. The highest BCUT2D eigenvalue weighted by Crippen LogP contribution is 2.12. The monoisotopic (exact) mass is 227 g/mol. The molecule has 0 saturated heterocycles. The minimum atomic E-state index is -0.619. The van der Waals surface area contributed by atoms with Crippen LogP contribution in [0.2, 0.25) is 0 Å². The summed E-state index contributed by atoms with van der Waals surface area (Å²) in [5, 5.41) is 3.72. The number of halogens is 2. The van der Waals surface area contributed by atoms with E-state index in [0.29, 0.717) is 0 Å². The summed E-state index contributed by atoms with van der Waals surface area (Å²) in [5.41, 5.74) is 0.203. The molecule has 0 aliphatic rings. The van der Waals surface area contributed by atoms with E-state index in [0.717, 1.165) is 6.07 Å². The van der Waals surface area contributed by atoms with Crippen molar-refractivity contribution in [3.05, 3.63) is 35.4 Å². The summed E-state index contributed by atoms with van der Waals surface area (Å²) in [6.07, 6.45) is 1.63. The lowest BCUT2D eigenvalue weighted by Gasteiger charge is -2.09. The van der Waals surface area contributed by atoms with Gasteiger partial charge in [-0.2, -0.15) is 0 Å². The Morgan fingerprint density at radius 2 is 2.00 bits per heavy atom. The van der Waals surface area contributed by atoms with Crippen molar-refractivity contribution < 1.29 is 13.6 Å². The van der Waals surface area contributed by atoms with Crippen molar-refractivity contribution >= 4 is 6.21 Å². The van der Waals surface area contributed by atoms with Gasteiger partial charge in [-0.25, -0.2) is 8.78 Å². The third kappa shape index (κ3) is 4.38. The summed E-state index contributed by atoms with van der Waals surface area (Å²) in [6, 6.07) is 3.36. The second-order valence-corrected chi connectivity index (χ2v) is 4.61. The van der Waals surface area contributed by atoms with Gasteiger partial charge < -0.3 is 4.84 Å². The van der Waals surface area contributed by atoms with Crippen LogP contribution >= 0.6 is 0 Å². The summed E-state index contributed by atoms with van der Waals surface area (Å²) in [7, 11) is 0. The largest absolute Gasteiger partial charge is 0.391 e. The minimum Gasteiger partial charge on any atom is -0.391 e. The van der Waals surface area contributed by atoms with Gasteiger partial charge in [-0.3, -0.25) is 0 Å². The molecule has 2 nitrogen and oxygen atoms in total. The van der Waals surface area contributed by atoms with Crippen molar-refractivity contribution in [1.82, 2.24) is 0 Å². The zero-order valence-electron chi connectivity index (χ0n) is 9.63. The van der Waals surface area contributed by atoms with E-state index in [2.05, 4.69) is 5.16 Å². The van der Waals surface area contributed by atoms with E-state index >= 15 is 0 Å². The van der Waals surface area contributed by atoms with Gasteiger partial charge in [0.25, 0.3) is 0 Å². The lowest BCUT2D eigenvalue weighted by molar-refractivity contribution is 0.127. The smallest absolute Gasteiger partial charge is 0.145 e. The lowest BCUT2D eigenvalue weighted by Crippen LogP contribution is -2.06. The van der Waals surface area contributed by atoms with Crippen LogP contribution in [0.15, 0.2) is 23.4 Å². The first-order valence-corrected chi connectivity index (χ1v) is 4.99. The summed E-state index contributed by atoms with van der Waals surface area (Å²) < 4.78 is 25.7.